The molecule has 1 aromatic heterocycles. The van der Waals surface area contributed by atoms with E-state index in [9.17, 15) is 9.59 Å². The molecule has 0 aliphatic heterocycles. The van der Waals surface area contributed by atoms with Crippen LogP contribution in [0.15, 0.2) is 24.3 Å². The highest BCUT2D eigenvalue weighted by Gasteiger charge is 2.27. The van der Waals surface area contributed by atoms with Crippen molar-refractivity contribution in [2.45, 2.75) is 26.3 Å². The molecule has 0 aliphatic rings. The third kappa shape index (κ3) is 5.40. The molecule has 8 nitrogen and oxygen atoms in total. The first-order valence-electron chi connectivity index (χ1n) is 8.62. The maximum Gasteiger partial charge on any atom is 0.317 e. The number of nitrogens with zero attached hydrogens (tertiary/aromatic N) is 3. The van der Waals surface area contributed by atoms with Crippen molar-refractivity contribution in [3.63, 3.8) is 0 Å². The summed E-state index contributed by atoms with van der Waals surface area (Å²) >= 11 is 1.26. The monoisotopic (exact) mass is 391 g/mol. The first-order chi connectivity index (χ1) is 12.8. The highest BCUT2D eigenvalue weighted by atomic mass is 32.1. The number of carbonyl (C=O) groups excluding carboxylic acids is 2. The Morgan fingerprint density at radius 1 is 1.30 bits per heavy atom. The summed E-state index contributed by atoms with van der Waals surface area (Å²) in [5.74, 6) is 0.379. The van der Waals surface area contributed by atoms with Gasteiger partial charge in [-0.05, 0) is 18.1 Å². The highest BCUT2D eigenvalue weighted by molar-refractivity contribution is 7.18. The minimum atomic E-state index is -0.658. The van der Waals surface area contributed by atoms with Gasteiger partial charge in [0, 0.05) is 19.7 Å². The van der Waals surface area contributed by atoms with E-state index in [0.29, 0.717) is 10.1 Å². The molecule has 0 bridgehead atoms. The Labute approximate surface area is 162 Å². The fourth-order valence-electron chi connectivity index (χ4n) is 2.29. The van der Waals surface area contributed by atoms with Crippen LogP contribution in [0.5, 0.6) is 5.75 Å². The van der Waals surface area contributed by atoms with E-state index in [0.717, 1.165) is 17.7 Å². The van der Waals surface area contributed by atoms with Gasteiger partial charge in [0.15, 0.2) is 0 Å². The summed E-state index contributed by atoms with van der Waals surface area (Å²) in [4.78, 5) is 26.1. The number of ether oxygens (including phenoxy) is 1. The Kier molecular flexibility index (Phi) is 7.12. The number of rotatable bonds is 7. The van der Waals surface area contributed by atoms with Crippen LogP contribution in [0.3, 0.4) is 0 Å². The SMILES string of the molecule is CCC(C)C(NC(=O)N(C)C)C(=O)Nc1nnc(-c2cccc(OC)c2)s1. The Hall–Kier alpha value is -2.68. The van der Waals surface area contributed by atoms with Crippen LogP contribution in [0.1, 0.15) is 20.3 Å². The minimum absolute atomic E-state index is 0.0281. The number of aromatic nitrogens is 2. The molecule has 0 saturated carbocycles. The summed E-state index contributed by atoms with van der Waals surface area (Å²) in [5.41, 5.74) is 0.853. The van der Waals surface area contributed by atoms with Gasteiger partial charge in [-0.25, -0.2) is 4.79 Å². The van der Waals surface area contributed by atoms with E-state index in [2.05, 4.69) is 20.8 Å². The third-order valence-corrected chi connectivity index (χ3v) is 5.04. The molecule has 1 aromatic carbocycles. The standard InChI is InChI=1S/C18H25N5O3S/c1-6-11(2)14(19-18(25)23(3)4)15(24)20-17-22-21-16(27-17)12-8-7-9-13(10-12)26-5/h7-11,14H,6H2,1-5H3,(H,19,25)(H,20,22,24). The van der Waals surface area contributed by atoms with E-state index in [-0.39, 0.29) is 17.9 Å². The quantitative estimate of drug-likeness (QED) is 0.756. The molecule has 2 N–H and O–H groups in total. The second-order valence-corrected chi connectivity index (χ2v) is 7.32. The molecule has 0 aliphatic carbocycles. The van der Waals surface area contributed by atoms with Crippen molar-refractivity contribution < 1.29 is 14.3 Å². The van der Waals surface area contributed by atoms with E-state index in [1.807, 2.05) is 38.1 Å². The number of hydrogen-bond donors (Lipinski definition) is 2. The third-order valence-electron chi connectivity index (χ3n) is 4.15. The average molecular weight is 391 g/mol. The van der Waals surface area contributed by atoms with Gasteiger partial charge in [-0.2, -0.15) is 0 Å². The van der Waals surface area contributed by atoms with Crippen LogP contribution >= 0.6 is 11.3 Å². The summed E-state index contributed by atoms with van der Waals surface area (Å²) in [6.45, 7) is 3.89. The van der Waals surface area contributed by atoms with Crippen molar-refractivity contribution in [3.8, 4) is 16.3 Å². The zero-order valence-corrected chi connectivity index (χ0v) is 17.0. The molecule has 146 valence electrons. The molecule has 2 aromatic rings. The molecular weight excluding hydrogens is 366 g/mol. The Morgan fingerprint density at radius 2 is 2.04 bits per heavy atom. The Bertz CT molecular complexity index is 793. The van der Waals surface area contributed by atoms with E-state index in [4.69, 9.17) is 4.74 Å². The first kappa shape index (κ1) is 20.6. The Balaban J connectivity index is 2.13. The molecule has 3 amide bonds. The zero-order valence-electron chi connectivity index (χ0n) is 16.1. The van der Waals surface area contributed by atoms with Crippen LogP contribution in [-0.2, 0) is 4.79 Å². The molecule has 0 saturated heterocycles. The topological polar surface area (TPSA) is 96.5 Å². The molecule has 1 heterocycles. The van der Waals surface area contributed by atoms with Gasteiger partial charge in [0.05, 0.1) is 7.11 Å². The van der Waals surface area contributed by atoms with Crippen molar-refractivity contribution in [3.05, 3.63) is 24.3 Å². The fraction of sp³-hybridized carbons (Fsp3) is 0.444. The predicted octanol–water partition coefficient (Wildman–Crippen LogP) is 2.84. The molecule has 0 spiro atoms. The lowest BCUT2D eigenvalue weighted by Gasteiger charge is -2.24. The number of carbonyl (C=O) groups is 2. The second kappa shape index (κ2) is 9.31. The van der Waals surface area contributed by atoms with Gasteiger partial charge in [-0.1, -0.05) is 43.7 Å². The van der Waals surface area contributed by atoms with E-state index in [1.54, 1.807) is 21.2 Å². The van der Waals surface area contributed by atoms with Crippen molar-refractivity contribution in [1.82, 2.24) is 20.4 Å². The summed E-state index contributed by atoms with van der Waals surface area (Å²) < 4.78 is 5.22. The van der Waals surface area contributed by atoms with Crippen LogP contribution in [0.4, 0.5) is 9.93 Å². The number of anilines is 1. The van der Waals surface area contributed by atoms with E-state index < -0.39 is 6.04 Å². The number of methoxy groups -OCH3 is 1. The maximum atomic E-state index is 12.7. The van der Waals surface area contributed by atoms with Gasteiger partial charge in [-0.15, -0.1) is 10.2 Å². The van der Waals surface area contributed by atoms with Crippen LogP contribution in [-0.4, -0.2) is 54.3 Å². The van der Waals surface area contributed by atoms with Gasteiger partial charge in [0.2, 0.25) is 11.0 Å². The van der Waals surface area contributed by atoms with E-state index >= 15 is 0 Å². The van der Waals surface area contributed by atoms with E-state index in [1.165, 1.54) is 16.2 Å². The lowest BCUT2D eigenvalue weighted by molar-refractivity contribution is -0.119. The molecule has 27 heavy (non-hydrogen) atoms. The molecule has 0 radical (unpaired) electrons. The lowest BCUT2D eigenvalue weighted by Crippen LogP contribution is -2.50. The predicted molar refractivity (Wildman–Crippen MR) is 106 cm³/mol. The minimum Gasteiger partial charge on any atom is -0.497 e. The summed E-state index contributed by atoms with van der Waals surface area (Å²) in [5, 5.41) is 14.7. The summed E-state index contributed by atoms with van der Waals surface area (Å²) in [6.07, 6.45) is 0.747. The fourth-order valence-corrected chi connectivity index (χ4v) is 3.04. The number of urea groups is 1. The van der Waals surface area contributed by atoms with Gasteiger partial charge in [0.25, 0.3) is 0 Å². The largest absolute Gasteiger partial charge is 0.497 e. The van der Waals surface area contributed by atoms with Gasteiger partial charge >= 0.3 is 6.03 Å². The average Bonchev–Trinajstić information content (AvgIpc) is 3.13. The smallest absolute Gasteiger partial charge is 0.317 e. The van der Waals surface area contributed by atoms with Crippen molar-refractivity contribution in [2.24, 2.45) is 5.92 Å². The lowest BCUT2D eigenvalue weighted by atomic mass is 9.98. The molecule has 2 atom stereocenters. The number of hydrogen-bond acceptors (Lipinski definition) is 6. The first-order valence-corrected chi connectivity index (χ1v) is 9.44. The van der Waals surface area contributed by atoms with Gasteiger partial charge in [0.1, 0.15) is 16.8 Å². The normalized spacial score (nSPS) is 12.8. The van der Waals surface area contributed by atoms with Gasteiger partial charge < -0.3 is 15.0 Å². The molecule has 9 heteroatoms. The molecular formula is C18H25N5O3S. The highest BCUT2D eigenvalue weighted by Crippen LogP contribution is 2.29. The Morgan fingerprint density at radius 3 is 2.67 bits per heavy atom. The molecule has 2 rings (SSSR count). The van der Waals surface area contributed by atoms with Crippen molar-refractivity contribution in [2.75, 3.05) is 26.5 Å². The van der Waals surface area contributed by atoms with Crippen LogP contribution < -0.4 is 15.4 Å². The number of benzene rings is 1. The van der Waals surface area contributed by atoms with Crippen molar-refractivity contribution in [1.29, 1.82) is 0 Å². The van der Waals surface area contributed by atoms with Crippen LogP contribution in [0.2, 0.25) is 0 Å². The number of amides is 3. The molecule has 0 fully saturated rings. The van der Waals surface area contributed by atoms with Crippen LogP contribution in [0, 0.1) is 5.92 Å². The second-order valence-electron chi connectivity index (χ2n) is 6.34. The summed E-state index contributed by atoms with van der Waals surface area (Å²) in [6, 6.07) is 6.49. The maximum absolute atomic E-state index is 12.7. The van der Waals surface area contributed by atoms with Crippen LogP contribution in [0.25, 0.3) is 10.6 Å². The van der Waals surface area contributed by atoms with Crippen molar-refractivity contribution >= 4 is 28.4 Å². The van der Waals surface area contributed by atoms with Gasteiger partial charge in [-0.3, -0.25) is 10.1 Å². The molecule has 2 unspecified atom stereocenters. The number of nitrogens with one attached hydrogen (secondary N) is 2. The zero-order chi connectivity index (χ0) is 20.0. The summed E-state index contributed by atoms with van der Waals surface area (Å²) in [7, 11) is 4.86.